The van der Waals surface area contributed by atoms with Gasteiger partial charge in [0, 0.05) is 57.1 Å². The summed E-state index contributed by atoms with van der Waals surface area (Å²) in [7, 11) is 1.65. The van der Waals surface area contributed by atoms with Crippen LogP contribution in [0, 0.1) is 5.92 Å². The fourth-order valence-corrected chi connectivity index (χ4v) is 4.66. The smallest absolute Gasteiger partial charge is 0.253 e. The minimum Gasteiger partial charge on any atom is -0.383 e. The van der Waals surface area contributed by atoms with Crippen LogP contribution in [0.1, 0.15) is 36.0 Å². The second-order valence-electron chi connectivity index (χ2n) is 7.90. The Hall–Kier alpha value is -2.08. The van der Waals surface area contributed by atoms with Gasteiger partial charge in [-0.25, -0.2) is 0 Å². The third-order valence-corrected chi connectivity index (χ3v) is 6.20. The first-order chi connectivity index (χ1) is 13.2. The van der Waals surface area contributed by atoms with E-state index in [0.717, 1.165) is 31.5 Å². The second kappa shape index (κ2) is 7.89. The number of piperidine rings is 1. The SMILES string of the molecule is COCCN1C(=O)[C@H]2CC[C@@H]1CN(C(=O)c1ccc(N3CCCC3)cc1)C2. The monoisotopic (exact) mass is 371 g/mol. The van der Waals surface area contributed by atoms with E-state index in [4.69, 9.17) is 4.74 Å². The molecule has 0 unspecified atom stereocenters. The quantitative estimate of drug-likeness (QED) is 0.794. The Labute approximate surface area is 161 Å². The normalized spacial score (nSPS) is 25.2. The van der Waals surface area contributed by atoms with Crippen molar-refractivity contribution in [3.63, 3.8) is 0 Å². The van der Waals surface area contributed by atoms with E-state index in [1.807, 2.05) is 21.9 Å². The summed E-state index contributed by atoms with van der Waals surface area (Å²) in [5.74, 6) is 0.151. The number of benzene rings is 1. The van der Waals surface area contributed by atoms with Crippen LogP contribution in [0.5, 0.6) is 0 Å². The Morgan fingerprint density at radius 3 is 2.56 bits per heavy atom. The number of fused-ring (bicyclic) bond motifs is 4. The number of hydrogen-bond acceptors (Lipinski definition) is 4. The molecule has 6 heteroatoms. The van der Waals surface area contributed by atoms with Crippen LogP contribution in [0.3, 0.4) is 0 Å². The first-order valence-corrected chi connectivity index (χ1v) is 10.1. The van der Waals surface area contributed by atoms with E-state index in [1.165, 1.54) is 18.5 Å². The van der Waals surface area contributed by atoms with Gasteiger partial charge in [0.05, 0.1) is 12.5 Å². The molecule has 0 spiro atoms. The Morgan fingerprint density at radius 1 is 1.11 bits per heavy atom. The van der Waals surface area contributed by atoms with Crippen molar-refractivity contribution in [2.45, 2.75) is 31.7 Å². The van der Waals surface area contributed by atoms with Crippen LogP contribution in [0.2, 0.25) is 0 Å². The fourth-order valence-electron chi connectivity index (χ4n) is 4.66. The van der Waals surface area contributed by atoms with Gasteiger partial charge in [-0.15, -0.1) is 0 Å². The highest BCUT2D eigenvalue weighted by molar-refractivity contribution is 5.95. The average molecular weight is 371 g/mol. The molecule has 5 rings (SSSR count). The average Bonchev–Trinajstić information content (AvgIpc) is 3.10. The number of anilines is 1. The Kier molecular flexibility index (Phi) is 5.34. The second-order valence-corrected chi connectivity index (χ2v) is 7.90. The zero-order chi connectivity index (χ0) is 18.8. The van der Waals surface area contributed by atoms with Crippen molar-refractivity contribution in [3.8, 4) is 0 Å². The van der Waals surface area contributed by atoms with E-state index in [9.17, 15) is 9.59 Å². The van der Waals surface area contributed by atoms with Crippen LogP contribution in [0.4, 0.5) is 5.69 Å². The molecule has 0 saturated carbocycles. The van der Waals surface area contributed by atoms with Gasteiger partial charge in [-0.05, 0) is 49.9 Å². The zero-order valence-corrected chi connectivity index (χ0v) is 16.1. The van der Waals surface area contributed by atoms with Crippen molar-refractivity contribution < 1.29 is 14.3 Å². The molecule has 4 fully saturated rings. The number of ether oxygens (including phenoxy) is 1. The molecule has 2 bridgehead atoms. The van der Waals surface area contributed by atoms with Gasteiger partial charge < -0.3 is 19.4 Å². The molecule has 4 aliphatic heterocycles. The van der Waals surface area contributed by atoms with E-state index in [2.05, 4.69) is 17.0 Å². The molecule has 0 aliphatic carbocycles. The zero-order valence-electron chi connectivity index (χ0n) is 16.1. The largest absolute Gasteiger partial charge is 0.383 e. The number of carbonyl (C=O) groups is 2. The summed E-state index contributed by atoms with van der Waals surface area (Å²) in [4.78, 5) is 32.0. The van der Waals surface area contributed by atoms with Gasteiger partial charge in [-0.3, -0.25) is 9.59 Å². The Morgan fingerprint density at radius 2 is 1.85 bits per heavy atom. The lowest BCUT2D eigenvalue weighted by Crippen LogP contribution is -2.49. The fraction of sp³-hybridized carbons (Fsp3) is 0.619. The van der Waals surface area contributed by atoms with Crippen molar-refractivity contribution in [1.82, 2.24) is 9.80 Å². The first-order valence-electron chi connectivity index (χ1n) is 10.1. The molecule has 146 valence electrons. The van der Waals surface area contributed by atoms with E-state index in [1.54, 1.807) is 7.11 Å². The Bertz CT molecular complexity index is 684. The minimum atomic E-state index is -0.0755. The molecule has 0 radical (unpaired) electrons. The van der Waals surface area contributed by atoms with E-state index in [-0.39, 0.29) is 23.8 Å². The molecule has 1 aromatic carbocycles. The molecule has 2 atom stereocenters. The highest BCUT2D eigenvalue weighted by Crippen LogP contribution is 2.30. The molecular weight excluding hydrogens is 342 g/mol. The van der Waals surface area contributed by atoms with Crippen LogP contribution in [-0.4, -0.2) is 74.1 Å². The summed E-state index contributed by atoms with van der Waals surface area (Å²) in [6.07, 6.45) is 4.33. The molecule has 4 heterocycles. The third kappa shape index (κ3) is 3.68. The van der Waals surface area contributed by atoms with E-state index >= 15 is 0 Å². The summed E-state index contributed by atoms with van der Waals surface area (Å²) >= 11 is 0. The molecule has 4 aliphatic rings. The number of amides is 2. The van der Waals surface area contributed by atoms with Crippen LogP contribution in [0.25, 0.3) is 0 Å². The number of rotatable bonds is 5. The van der Waals surface area contributed by atoms with Crippen LogP contribution in [-0.2, 0) is 9.53 Å². The van der Waals surface area contributed by atoms with Gasteiger partial charge in [0.25, 0.3) is 5.91 Å². The predicted molar refractivity (Wildman–Crippen MR) is 104 cm³/mol. The van der Waals surface area contributed by atoms with Crippen molar-refractivity contribution in [1.29, 1.82) is 0 Å². The lowest BCUT2D eigenvalue weighted by atomic mass is 9.94. The summed E-state index contributed by atoms with van der Waals surface area (Å²) < 4.78 is 5.16. The molecule has 6 nitrogen and oxygen atoms in total. The first kappa shape index (κ1) is 18.3. The van der Waals surface area contributed by atoms with Crippen molar-refractivity contribution >= 4 is 17.5 Å². The third-order valence-electron chi connectivity index (χ3n) is 6.20. The minimum absolute atomic E-state index is 0.0428. The number of nitrogens with zero attached hydrogens (tertiary/aromatic N) is 3. The molecular formula is C21H29N3O3. The molecule has 4 saturated heterocycles. The maximum Gasteiger partial charge on any atom is 0.253 e. The van der Waals surface area contributed by atoms with Gasteiger partial charge in [0.1, 0.15) is 0 Å². The summed E-state index contributed by atoms with van der Waals surface area (Å²) in [5.41, 5.74) is 1.91. The van der Waals surface area contributed by atoms with Crippen LogP contribution < -0.4 is 4.90 Å². The van der Waals surface area contributed by atoms with E-state index < -0.39 is 0 Å². The van der Waals surface area contributed by atoms with Crippen LogP contribution in [0.15, 0.2) is 24.3 Å². The number of carbonyl (C=O) groups excluding carboxylic acids is 2. The molecule has 1 aromatic rings. The summed E-state index contributed by atoms with van der Waals surface area (Å²) in [5, 5.41) is 0. The standard InChI is InChI=1S/C21H29N3O3/c1-27-13-12-24-19-9-6-17(21(24)26)14-23(15-19)20(25)16-4-7-18(8-5-16)22-10-2-3-11-22/h4-5,7-8,17,19H,2-3,6,9-15H2,1H3/t17-,19+/m0/s1. The van der Waals surface area contributed by atoms with Gasteiger partial charge in [0.2, 0.25) is 5.91 Å². The van der Waals surface area contributed by atoms with Crippen LogP contribution >= 0.6 is 0 Å². The van der Waals surface area contributed by atoms with Crippen molar-refractivity contribution in [2.24, 2.45) is 5.92 Å². The topological polar surface area (TPSA) is 53.1 Å². The maximum atomic E-state index is 13.1. The van der Waals surface area contributed by atoms with Gasteiger partial charge in [-0.1, -0.05) is 0 Å². The lowest BCUT2D eigenvalue weighted by molar-refractivity contribution is -0.140. The van der Waals surface area contributed by atoms with Crippen molar-refractivity contribution in [3.05, 3.63) is 29.8 Å². The number of hydrogen-bond donors (Lipinski definition) is 0. The summed E-state index contributed by atoms with van der Waals surface area (Å²) in [6.45, 7) is 4.51. The maximum absolute atomic E-state index is 13.1. The molecule has 2 amide bonds. The summed E-state index contributed by atoms with van der Waals surface area (Å²) in [6, 6.07) is 8.10. The lowest BCUT2D eigenvalue weighted by Gasteiger charge is -2.35. The highest BCUT2D eigenvalue weighted by atomic mass is 16.5. The predicted octanol–water partition coefficient (Wildman–Crippen LogP) is 2.00. The molecule has 0 aromatic heterocycles. The molecule has 27 heavy (non-hydrogen) atoms. The van der Waals surface area contributed by atoms with Gasteiger partial charge >= 0.3 is 0 Å². The van der Waals surface area contributed by atoms with Crippen molar-refractivity contribution in [2.75, 3.05) is 51.3 Å². The van der Waals surface area contributed by atoms with Gasteiger partial charge in [-0.2, -0.15) is 0 Å². The number of methoxy groups -OCH3 is 1. The Balaban J connectivity index is 1.46. The highest BCUT2D eigenvalue weighted by Gasteiger charge is 2.41. The van der Waals surface area contributed by atoms with E-state index in [0.29, 0.717) is 26.2 Å². The van der Waals surface area contributed by atoms with Gasteiger partial charge in [0.15, 0.2) is 0 Å². The molecule has 0 N–H and O–H groups in total.